The molecule has 14 heavy (non-hydrogen) atoms. The smallest absolute Gasteiger partial charge is 0.306 e. The number of rotatable bonds is 7. The van der Waals surface area contributed by atoms with Gasteiger partial charge in [-0.05, 0) is 20.3 Å². The van der Waals surface area contributed by atoms with Crippen molar-refractivity contribution in [3.8, 4) is 0 Å². The van der Waals surface area contributed by atoms with Crippen LogP contribution >= 0.6 is 0 Å². The molecule has 82 valence electrons. The summed E-state index contributed by atoms with van der Waals surface area (Å²) in [6.07, 6.45) is 8.58. The van der Waals surface area contributed by atoms with Crippen LogP contribution in [0.5, 0.6) is 0 Å². The predicted molar refractivity (Wildman–Crippen MR) is 59.1 cm³/mol. The lowest BCUT2D eigenvalue weighted by molar-refractivity contribution is -0.148. The van der Waals surface area contributed by atoms with Crippen LogP contribution in [0.2, 0.25) is 0 Å². The van der Waals surface area contributed by atoms with E-state index in [1.807, 2.05) is 26.0 Å². The van der Waals surface area contributed by atoms with Crippen molar-refractivity contribution in [1.82, 2.24) is 0 Å². The van der Waals surface area contributed by atoms with Crippen molar-refractivity contribution in [3.05, 3.63) is 12.2 Å². The molecule has 0 saturated carbocycles. The highest BCUT2D eigenvalue weighted by Gasteiger charge is 2.06. The number of esters is 1. The standard InChI is InChI=1S/C12H22O2/c1-4-6-8-10-12(13)14-11(3)9-7-5-2/h5,7,11H,4,6,8-10H2,1-3H3. The zero-order valence-electron chi connectivity index (χ0n) is 9.58. The third kappa shape index (κ3) is 7.84. The Morgan fingerprint density at radius 2 is 2.14 bits per heavy atom. The summed E-state index contributed by atoms with van der Waals surface area (Å²) < 4.78 is 5.21. The third-order valence-corrected chi connectivity index (χ3v) is 2.02. The van der Waals surface area contributed by atoms with E-state index in [2.05, 4.69) is 6.92 Å². The van der Waals surface area contributed by atoms with Gasteiger partial charge in [-0.15, -0.1) is 0 Å². The minimum atomic E-state index is -0.0598. The molecule has 0 aromatic rings. The van der Waals surface area contributed by atoms with Gasteiger partial charge in [0.25, 0.3) is 0 Å². The molecule has 1 unspecified atom stereocenters. The topological polar surface area (TPSA) is 26.3 Å². The van der Waals surface area contributed by atoms with Crippen LogP contribution in [-0.4, -0.2) is 12.1 Å². The van der Waals surface area contributed by atoms with Crippen molar-refractivity contribution in [2.45, 2.75) is 59.0 Å². The number of ether oxygens (including phenoxy) is 1. The number of hydrogen-bond acceptors (Lipinski definition) is 2. The van der Waals surface area contributed by atoms with Crippen molar-refractivity contribution in [2.75, 3.05) is 0 Å². The summed E-state index contributed by atoms with van der Waals surface area (Å²) in [5.74, 6) is -0.0598. The van der Waals surface area contributed by atoms with E-state index in [-0.39, 0.29) is 12.1 Å². The predicted octanol–water partition coefficient (Wildman–Crippen LogP) is 3.46. The second-order valence-electron chi connectivity index (χ2n) is 3.56. The van der Waals surface area contributed by atoms with Crippen molar-refractivity contribution < 1.29 is 9.53 Å². The molecule has 0 N–H and O–H groups in total. The normalized spacial score (nSPS) is 13.1. The number of allylic oxidation sites excluding steroid dienone is 1. The Kier molecular flexibility index (Phi) is 8.30. The van der Waals surface area contributed by atoms with Gasteiger partial charge in [0, 0.05) is 12.8 Å². The molecule has 0 aliphatic rings. The Bertz CT molecular complexity index is 173. The van der Waals surface area contributed by atoms with E-state index in [4.69, 9.17) is 4.74 Å². The van der Waals surface area contributed by atoms with Crippen LogP contribution in [0.4, 0.5) is 0 Å². The number of hydrogen-bond donors (Lipinski definition) is 0. The highest BCUT2D eigenvalue weighted by Crippen LogP contribution is 2.05. The molecule has 0 radical (unpaired) electrons. The van der Waals surface area contributed by atoms with Crippen LogP contribution in [-0.2, 0) is 9.53 Å². The molecule has 0 spiro atoms. The second-order valence-corrected chi connectivity index (χ2v) is 3.56. The maximum Gasteiger partial charge on any atom is 0.306 e. The van der Waals surface area contributed by atoms with Gasteiger partial charge in [-0.1, -0.05) is 31.9 Å². The van der Waals surface area contributed by atoms with E-state index < -0.39 is 0 Å². The van der Waals surface area contributed by atoms with Gasteiger partial charge in [0.15, 0.2) is 0 Å². The number of carbonyl (C=O) groups excluding carboxylic acids is 1. The second kappa shape index (κ2) is 8.79. The lowest BCUT2D eigenvalue weighted by Gasteiger charge is -2.10. The fraction of sp³-hybridized carbons (Fsp3) is 0.750. The van der Waals surface area contributed by atoms with Crippen molar-refractivity contribution in [1.29, 1.82) is 0 Å². The first-order valence-electron chi connectivity index (χ1n) is 5.51. The molecular formula is C12H22O2. The van der Waals surface area contributed by atoms with Gasteiger partial charge in [0.2, 0.25) is 0 Å². The maximum absolute atomic E-state index is 11.2. The Hall–Kier alpha value is -0.790. The van der Waals surface area contributed by atoms with Crippen molar-refractivity contribution >= 4 is 5.97 Å². The van der Waals surface area contributed by atoms with E-state index in [0.717, 1.165) is 25.7 Å². The van der Waals surface area contributed by atoms with Crippen LogP contribution < -0.4 is 0 Å². The molecule has 0 amide bonds. The third-order valence-electron chi connectivity index (χ3n) is 2.02. The highest BCUT2D eigenvalue weighted by atomic mass is 16.5. The molecule has 0 heterocycles. The van der Waals surface area contributed by atoms with E-state index in [0.29, 0.717) is 6.42 Å². The Balaban J connectivity index is 3.50. The summed E-state index contributed by atoms with van der Waals surface area (Å²) in [4.78, 5) is 11.2. The maximum atomic E-state index is 11.2. The molecule has 0 fully saturated rings. The first kappa shape index (κ1) is 13.2. The summed E-state index contributed by atoms with van der Waals surface area (Å²) in [7, 11) is 0. The van der Waals surface area contributed by atoms with Crippen LogP contribution in [0.3, 0.4) is 0 Å². The Morgan fingerprint density at radius 1 is 1.43 bits per heavy atom. The zero-order valence-corrected chi connectivity index (χ0v) is 9.58. The van der Waals surface area contributed by atoms with Gasteiger partial charge in [-0.3, -0.25) is 4.79 Å². The van der Waals surface area contributed by atoms with Gasteiger partial charge in [0.05, 0.1) is 0 Å². The van der Waals surface area contributed by atoms with Gasteiger partial charge in [-0.25, -0.2) is 0 Å². The quantitative estimate of drug-likeness (QED) is 0.356. The molecule has 0 saturated heterocycles. The van der Waals surface area contributed by atoms with Crippen molar-refractivity contribution in [3.63, 3.8) is 0 Å². The SMILES string of the molecule is CC=CCC(C)OC(=O)CCCCC. The molecule has 0 aliphatic heterocycles. The molecule has 0 rings (SSSR count). The lowest BCUT2D eigenvalue weighted by Crippen LogP contribution is -2.13. The van der Waals surface area contributed by atoms with Crippen molar-refractivity contribution in [2.24, 2.45) is 0 Å². The molecule has 0 aromatic heterocycles. The largest absolute Gasteiger partial charge is 0.462 e. The van der Waals surface area contributed by atoms with E-state index in [9.17, 15) is 4.79 Å². The summed E-state index contributed by atoms with van der Waals surface area (Å²) in [5, 5.41) is 0. The zero-order chi connectivity index (χ0) is 10.8. The minimum absolute atomic E-state index is 0.0142. The van der Waals surface area contributed by atoms with Gasteiger partial charge >= 0.3 is 5.97 Å². The Labute approximate surface area is 87.3 Å². The van der Waals surface area contributed by atoms with Gasteiger partial charge in [-0.2, -0.15) is 0 Å². The molecule has 0 bridgehead atoms. The average molecular weight is 198 g/mol. The first-order valence-corrected chi connectivity index (χ1v) is 5.51. The first-order chi connectivity index (χ1) is 6.70. The number of unbranched alkanes of at least 4 members (excludes halogenated alkanes) is 2. The van der Waals surface area contributed by atoms with Crippen LogP contribution in [0, 0.1) is 0 Å². The van der Waals surface area contributed by atoms with E-state index in [1.165, 1.54) is 0 Å². The summed E-state index contributed by atoms with van der Waals surface area (Å²) in [6.45, 7) is 6.02. The average Bonchev–Trinajstić information content (AvgIpc) is 2.15. The molecular weight excluding hydrogens is 176 g/mol. The monoisotopic (exact) mass is 198 g/mol. The summed E-state index contributed by atoms with van der Waals surface area (Å²) >= 11 is 0. The van der Waals surface area contributed by atoms with E-state index in [1.54, 1.807) is 0 Å². The lowest BCUT2D eigenvalue weighted by atomic mass is 10.2. The van der Waals surface area contributed by atoms with Crippen LogP contribution in [0.25, 0.3) is 0 Å². The Morgan fingerprint density at radius 3 is 2.71 bits per heavy atom. The number of carbonyl (C=O) groups is 1. The fourth-order valence-corrected chi connectivity index (χ4v) is 1.18. The molecule has 2 nitrogen and oxygen atoms in total. The van der Waals surface area contributed by atoms with Crippen LogP contribution in [0.1, 0.15) is 52.9 Å². The highest BCUT2D eigenvalue weighted by molar-refractivity contribution is 5.69. The summed E-state index contributed by atoms with van der Waals surface area (Å²) in [6, 6.07) is 0. The molecule has 0 aromatic carbocycles. The molecule has 0 aliphatic carbocycles. The summed E-state index contributed by atoms with van der Waals surface area (Å²) in [5.41, 5.74) is 0. The van der Waals surface area contributed by atoms with Crippen LogP contribution in [0.15, 0.2) is 12.2 Å². The van der Waals surface area contributed by atoms with E-state index >= 15 is 0 Å². The minimum Gasteiger partial charge on any atom is -0.462 e. The van der Waals surface area contributed by atoms with Gasteiger partial charge < -0.3 is 4.74 Å². The molecule has 2 heteroatoms. The molecule has 1 atom stereocenters. The fourth-order valence-electron chi connectivity index (χ4n) is 1.18. The van der Waals surface area contributed by atoms with Gasteiger partial charge in [0.1, 0.15) is 6.10 Å².